The van der Waals surface area contributed by atoms with Gasteiger partial charge in [0, 0.05) is 17.1 Å². The SMILES string of the molecule is Cc1cc(C)cc(-c2nccc3ccc4cc(CC(C)C)ccc4c23)c1. The lowest BCUT2D eigenvalue weighted by atomic mass is 9.94. The first kappa shape index (κ1) is 16.8. The maximum absolute atomic E-state index is 4.78. The van der Waals surface area contributed by atoms with E-state index in [4.69, 9.17) is 4.98 Å². The van der Waals surface area contributed by atoms with Crippen LogP contribution in [-0.4, -0.2) is 4.98 Å². The molecule has 3 aromatic carbocycles. The van der Waals surface area contributed by atoms with Crippen molar-refractivity contribution >= 4 is 21.5 Å². The van der Waals surface area contributed by atoms with Crippen LogP contribution < -0.4 is 0 Å². The van der Waals surface area contributed by atoms with Crippen molar-refractivity contribution in [2.24, 2.45) is 5.92 Å². The fourth-order valence-corrected chi connectivity index (χ4v) is 3.98. The summed E-state index contributed by atoms with van der Waals surface area (Å²) in [6.45, 7) is 8.84. The highest BCUT2D eigenvalue weighted by molar-refractivity contribution is 6.13. The molecule has 1 heterocycles. The van der Waals surface area contributed by atoms with Crippen LogP contribution in [0.15, 0.2) is 60.8 Å². The molecule has 0 atom stereocenters. The zero-order valence-electron chi connectivity index (χ0n) is 16.0. The third-order valence-electron chi connectivity index (χ3n) is 4.95. The molecule has 0 N–H and O–H groups in total. The summed E-state index contributed by atoms with van der Waals surface area (Å²) in [7, 11) is 0. The molecule has 0 saturated carbocycles. The summed E-state index contributed by atoms with van der Waals surface area (Å²) in [5.41, 5.74) is 6.24. The van der Waals surface area contributed by atoms with E-state index in [0.717, 1.165) is 12.1 Å². The van der Waals surface area contributed by atoms with Crippen LogP contribution in [0, 0.1) is 19.8 Å². The summed E-state index contributed by atoms with van der Waals surface area (Å²) in [4.78, 5) is 4.78. The smallest absolute Gasteiger partial charge is 0.0786 e. The highest BCUT2D eigenvalue weighted by atomic mass is 14.7. The Labute approximate surface area is 155 Å². The molecule has 0 fully saturated rings. The molecule has 0 radical (unpaired) electrons. The minimum Gasteiger partial charge on any atom is -0.256 e. The van der Waals surface area contributed by atoms with Crippen molar-refractivity contribution in [2.75, 3.05) is 0 Å². The summed E-state index contributed by atoms with van der Waals surface area (Å²) in [5, 5.41) is 5.09. The van der Waals surface area contributed by atoms with Gasteiger partial charge in [0.15, 0.2) is 0 Å². The van der Waals surface area contributed by atoms with E-state index in [1.165, 1.54) is 43.8 Å². The summed E-state index contributed by atoms with van der Waals surface area (Å²) in [5.74, 6) is 0.667. The Balaban J connectivity index is 2.00. The molecule has 0 amide bonds. The van der Waals surface area contributed by atoms with Crippen LogP contribution >= 0.6 is 0 Å². The van der Waals surface area contributed by atoms with E-state index in [-0.39, 0.29) is 0 Å². The molecule has 0 aliphatic carbocycles. The molecule has 0 aliphatic rings. The van der Waals surface area contributed by atoms with Crippen LogP contribution in [0.3, 0.4) is 0 Å². The van der Waals surface area contributed by atoms with Crippen LogP contribution in [0.5, 0.6) is 0 Å². The Morgan fingerprint density at radius 1 is 0.808 bits per heavy atom. The highest BCUT2D eigenvalue weighted by Gasteiger charge is 2.11. The van der Waals surface area contributed by atoms with Gasteiger partial charge in [-0.2, -0.15) is 0 Å². The van der Waals surface area contributed by atoms with E-state index < -0.39 is 0 Å². The van der Waals surface area contributed by atoms with Gasteiger partial charge in [-0.3, -0.25) is 4.98 Å². The quantitative estimate of drug-likeness (QED) is 0.371. The molecule has 26 heavy (non-hydrogen) atoms. The number of hydrogen-bond donors (Lipinski definition) is 0. The summed E-state index contributed by atoms with van der Waals surface area (Å²) < 4.78 is 0. The zero-order chi connectivity index (χ0) is 18.3. The van der Waals surface area contributed by atoms with E-state index in [9.17, 15) is 0 Å². The number of rotatable bonds is 3. The zero-order valence-corrected chi connectivity index (χ0v) is 16.0. The Bertz CT molecular complexity index is 1090. The minimum atomic E-state index is 0.667. The lowest BCUT2D eigenvalue weighted by molar-refractivity contribution is 0.648. The number of benzene rings is 3. The molecular weight excluding hydrogens is 314 g/mol. The molecule has 1 nitrogen and oxygen atoms in total. The third-order valence-corrected chi connectivity index (χ3v) is 4.95. The van der Waals surface area contributed by atoms with Gasteiger partial charge in [0.05, 0.1) is 5.69 Å². The normalized spacial score (nSPS) is 11.6. The van der Waals surface area contributed by atoms with Crippen LogP contribution in [0.1, 0.15) is 30.5 Å². The van der Waals surface area contributed by atoms with Crippen molar-refractivity contribution in [2.45, 2.75) is 34.1 Å². The Morgan fingerprint density at radius 2 is 1.54 bits per heavy atom. The van der Waals surface area contributed by atoms with Crippen LogP contribution in [0.4, 0.5) is 0 Å². The Morgan fingerprint density at radius 3 is 2.27 bits per heavy atom. The van der Waals surface area contributed by atoms with Crippen LogP contribution in [-0.2, 0) is 6.42 Å². The van der Waals surface area contributed by atoms with Gasteiger partial charge in [-0.15, -0.1) is 0 Å². The second kappa shape index (κ2) is 6.57. The summed E-state index contributed by atoms with van der Waals surface area (Å²) in [6, 6.07) is 20.2. The van der Waals surface area contributed by atoms with Gasteiger partial charge in [0.25, 0.3) is 0 Å². The first-order valence-electron chi connectivity index (χ1n) is 9.40. The average Bonchev–Trinajstić information content (AvgIpc) is 2.59. The molecule has 0 unspecified atom stereocenters. The number of pyridine rings is 1. The second-order valence-electron chi connectivity index (χ2n) is 7.85. The van der Waals surface area contributed by atoms with Gasteiger partial charge >= 0.3 is 0 Å². The van der Waals surface area contributed by atoms with E-state index in [0.29, 0.717) is 5.92 Å². The van der Waals surface area contributed by atoms with E-state index >= 15 is 0 Å². The molecule has 0 spiro atoms. The Kier molecular flexibility index (Phi) is 4.24. The maximum atomic E-state index is 4.78. The fraction of sp³-hybridized carbons (Fsp3) is 0.240. The average molecular weight is 339 g/mol. The number of aromatic nitrogens is 1. The monoisotopic (exact) mass is 339 g/mol. The lowest BCUT2D eigenvalue weighted by Gasteiger charge is -2.12. The van der Waals surface area contributed by atoms with E-state index in [1.54, 1.807) is 0 Å². The predicted molar refractivity (Wildman–Crippen MR) is 113 cm³/mol. The van der Waals surface area contributed by atoms with E-state index in [1.807, 2.05) is 6.20 Å². The van der Waals surface area contributed by atoms with Crippen molar-refractivity contribution in [3.63, 3.8) is 0 Å². The van der Waals surface area contributed by atoms with Crippen molar-refractivity contribution in [1.82, 2.24) is 4.98 Å². The number of aryl methyl sites for hydroxylation is 2. The molecule has 1 heteroatoms. The molecule has 4 rings (SSSR count). The first-order valence-corrected chi connectivity index (χ1v) is 9.40. The lowest BCUT2D eigenvalue weighted by Crippen LogP contribution is -1.94. The van der Waals surface area contributed by atoms with Crippen molar-refractivity contribution in [1.29, 1.82) is 0 Å². The molecule has 4 aromatic rings. The second-order valence-corrected chi connectivity index (χ2v) is 7.85. The van der Waals surface area contributed by atoms with Crippen LogP contribution in [0.2, 0.25) is 0 Å². The number of fused-ring (bicyclic) bond motifs is 3. The molecule has 130 valence electrons. The maximum Gasteiger partial charge on any atom is 0.0786 e. The fourth-order valence-electron chi connectivity index (χ4n) is 3.98. The molecule has 0 saturated heterocycles. The predicted octanol–water partition coefficient (Wildman–Crippen LogP) is 6.87. The standard InChI is InChI=1S/C25H25N/c1-16(2)11-19-5-8-23-21(15-19)7-6-20-9-10-26-25(24(20)23)22-13-17(3)12-18(4)14-22/h5-10,12-16H,11H2,1-4H3. The van der Waals surface area contributed by atoms with Gasteiger partial charge in [-0.25, -0.2) is 0 Å². The molecule has 1 aromatic heterocycles. The largest absolute Gasteiger partial charge is 0.256 e. The van der Waals surface area contributed by atoms with Crippen LogP contribution in [0.25, 0.3) is 32.8 Å². The summed E-state index contributed by atoms with van der Waals surface area (Å²) in [6.07, 6.45) is 3.04. The van der Waals surface area contributed by atoms with Gasteiger partial charge in [0.2, 0.25) is 0 Å². The highest BCUT2D eigenvalue weighted by Crippen LogP contribution is 2.34. The van der Waals surface area contributed by atoms with Crippen molar-refractivity contribution in [3.8, 4) is 11.3 Å². The Hall–Kier alpha value is -2.67. The van der Waals surface area contributed by atoms with Gasteiger partial charge in [-0.05, 0) is 66.1 Å². The molecular formula is C25H25N. The van der Waals surface area contributed by atoms with Crippen molar-refractivity contribution in [3.05, 3.63) is 77.5 Å². The van der Waals surface area contributed by atoms with Crippen molar-refractivity contribution < 1.29 is 0 Å². The van der Waals surface area contributed by atoms with Gasteiger partial charge in [-0.1, -0.05) is 61.4 Å². The number of nitrogens with zero attached hydrogens (tertiary/aromatic N) is 1. The topological polar surface area (TPSA) is 12.9 Å². The van der Waals surface area contributed by atoms with E-state index in [2.05, 4.69) is 82.3 Å². The first-order chi connectivity index (χ1) is 12.5. The summed E-state index contributed by atoms with van der Waals surface area (Å²) >= 11 is 0. The molecule has 0 bridgehead atoms. The third kappa shape index (κ3) is 3.10. The number of hydrogen-bond acceptors (Lipinski definition) is 1. The van der Waals surface area contributed by atoms with Gasteiger partial charge < -0.3 is 0 Å². The molecule has 0 aliphatic heterocycles. The van der Waals surface area contributed by atoms with Gasteiger partial charge in [0.1, 0.15) is 0 Å². The minimum absolute atomic E-state index is 0.667.